The number of rotatable bonds is 4. The molecule has 0 aromatic heterocycles. The molecule has 2 N–H and O–H groups in total. The van der Waals surface area contributed by atoms with E-state index >= 15 is 0 Å². The maximum Gasteiger partial charge on any atom is 0.336 e. The van der Waals surface area contributed by atoms with E-state index in [9.17, 15) is 18.7 Å². The fraction of sp³-hybridized carbons (Fsp3) is 0.462. The predicted molar refractivity (Wildman–Crippen MR) is 62.2 cm³/mol. The van der Waals surface area contributed by atoms with E-state index in [1.807, 2.05) is 0 Å². The maximum atomic E-state index is 13.1. The number of hydrogen-bond acceptors (Lipinski definition) is 2. The van der Waals surface area contributed by atoms with Crippen molar-refractivity contribution in [2.45, 2.75) is 32.3 Å². The second kappa shape index (κ2) is 5.02. The van der Waals surface area contributed by atoms with Crippen molar-refractivity contribution >= 4 is 5.97 Å². The molecule has 100 valence electrons. The molecule has 2 unspecified atom stereocenters. The van der Waals surface area contributed by atoms with E-state index in [2.05, 4.69) is 0 Å². The molecule has 0 aliphatic heterocycles. The zero-order valence-corrected chi connectivity index (χ0v) is 10.4. The Morgan fingerprint density at radius 1 is 1.17 bits per heavy atom. The molecule has 1 aromatic carbocycles. The van der Waals surface area contributed by atoms with Gasteiger partial charge in [0.1, 0.15) is 11.6 Å². The first-order chi connectivity index (χ1) is 8.19. The Labute approximate surface area is 104 Å². The van der Waals surface area contributed by atoms with Crippen LogP contribution in [0.25, 0.3) is 0 Å². The van der Waals surface area contributed by atoms with Gasteiger partial charge in [-0.1, -0.05) is 20.8 Å². The van der Waals surface area contributed by atoms with Gasteiger partial charge < -0.3 is 10.2 Å². The molecule has 3 nitrogen and oxygen atoms in total. The molecule has 0 radical (unpaired) electrons. The van der Waals surface area contributed by atoms with Gasteiger partial charge in [0.2, 0.25) is 0 Å². The molecule has 2 atom stereocenters. The van der Waals surface area contributed by atoms with Crippen LogP contribution in [0.5, 0.6) is 0 Å². The summed E-state index contributed by atoms with van der Waals surface area (Å²) in [6, 6.07) is 2.76. The van der Waals surface area contributed by atoms with Crippen LogP contribution in [0.1, 0.15) is 32.3 Å². The largest absolute Gasteiger partial charge is 0.479 e. The summed E-state index contributed by atoms with van der Waals surface area (Å²) >= 11 is 0. The van der Waals surface area contributed by atoms with E-state index < -0.39 is 35.0 Å². The van der Waals surface area contributed by atoms with Crippen LogP contribution in [0, 0.1) is 17.6 Å². The number of carbonyl (C=O) groups is 1. The van der Waals surface area contributed by atoms with E-state index in [1.54, 1.807) is 13.8 Å². The molecule has 0 saturated carbocycles. The van der Waals surface area contributed by atoms with Crippen LogP contribution in [0.4, 0.5) is 8.78 Å². The first-order valence-corrected chi connectivity index (χ1v) is 5.61. The zero-order chi connectivity index (χ0) is 14.1. The Bertz CT molecular complexity index is 439. The number of aliphatic carboxylic acids is 1. The smallest absolute Gasteiger partial charge is 0.336 e. The van der Waals surface area contributed by atoms with Gasteiger partial charge in [-0.05, 0) is 23.6 Å². The van der Waals surface area contributed by atoms with Gasteiger partial charge in [-0.2, -0.15) is 0 Å². The highest BCUT2D eigenvalue weighted by Crippen LogP contribution is 2.35. The van der Waals surface area contributed by atoms with Gasteiger partial charge in [0, 0.05) is 12.0 Å². The third kappa shape index (κ3) is 2.51. The SMILES string of the molecule is CC(C)C(O)(C(=O)O)C(C)c1cc(F)cc(F)c1. The quantitative estimate of drug-likeness (QED) is 0.872. The van der Waals surface area contributed by atoms with Crippen molar-refractivity contribution in [1.29, 1.82) is 0 Å². The van der Waals surface area contributed by atoms with E-state index in [-0.39, 0.29) is 5.56 Å². The second-order valence-corrected chi connectivity index (χ2v) is 4.71. The summed E-state index contributed by atoms with van der Waals surface area (Å²) in [4.78, 5) is 11.2. The van der Waals surface area contributed by atoms with Crippen molar-refractivity contribution in [1.82, 2.24) is 0 Å². The molecule has 5 heteroatoms. The summed E-state index contributed by atoms with van der Waals surface area (Å²) < 4.78 is 26.2. The van der Waals surface area contributed by atoms with Crippen molar-refractivity contribution in [3.63, 3.8) is 0 Å². The van der Waals surface area contributed by atoms with Crippen LogP contribution >= 0.6 is 0 Å². The molecule has 1 aromatic rings. The summed E-state index contributed by atoms with van der Waals surface area (Å²) in [6.45, 7) is 4.52. The highest BCUT2D eigenvalue weighted by molar-refractivity contribution is 5.79. The van der Waals surface area contributed by atoms with Gasteiger partial charge in [0.25, 0.3) is 0 Å². The molecule has 18 heavy (non-hydrogen) atoms. The minimum Gasteiger partial charge on any atom is -0.479 e. The predicted octanol–water partition coefficient (Wildman–Crippen LogP) is 2.54. The average molecular weight is 258 g/mol. The lowest BCUT2D eigenvalue weighted by Gasteiger charge is -2.33. The number of carboxylic acid groups (broad SMARTS) is 1. The Balaban J connectivity index is 3.26. The zero-order valence-electron chi connectivity index (χ0n) is 10.4. The molecule has 0 heterocycles. The van der Waals surface area contributed by atoms with Crippen molar-refractivity contribution < 1.29 is 23.8 Å². The third-order valence-corrected chi connectivity index (χ3v) is 3.27. The molecule has 0 bridgehead atoms. The topological polar surface area (TPSA) is 57.5 Å². The van der Waals surface area contributed by atoms with Crippen LogP contribution in [-0.2, 0) is 4.79 Å². The molecule has 0 fully saturated rings. The highest BCUT2D eigenvalue weighted by Gasteiger charge is 2.45. The Morgan fingerprint density at radius 2 is 1.61 bits per heavy atom. The standard InChI is InChI=1S/C13H16F2O3/c1-7(2)13(18,12(16)17)8(3)9-4-10(14)6-11(15)5-9/h4-8,18H,1-3H3,(H,16,17). The number of aliphatic hydroxyl groups is 1. The Kier molecular flexibility index (Phi) is 4.06. The number of carboxylic acids is 1. The lowest BCUT2D eigenvalue weighted by atomic mass is 9.76. The summed E-state index contributed by atoms with van der Waals surface area (Å²) in [6.07, 6.45) is 0. The van der Waals surface area contributed by atoms with Gasteiger partial charge in [-0.25, -0.2) is 13.6 Å². The minimum absolute atomic E-state index is 0.117. The highest BCUT2D eigenvalue weighted by atomic mass is 19.1. The van der Waals surface area contributed by atoms with E-state index in [0.29, 0.717) is 6.07 Å². The van der Waals surface area contributed by atoms with Gasteiger partial charge in [-0.15, -0.1) is 0 Å². The van der Waals surface area contributed by atoms with E-state index in [1.165, 1.54) is 6.92 Å². The molecule has 0 aliphatic carbocycles. The van der Waals surface area contributed by atoms with Crippen LogP contribution < -0.4 is 0 Å². The molecule has 0 amide bonds. The first-order valence-electron chi connectivity index (χ1n) is 5.61. The van der Waals surface area contributed by atoms with Crippen LogP contribution in [0.2, 0.25) is 0 Å². The second-order valence-electron chi connectivity index (χ2n) is 4.71. The fourth-order valence-corrected chi connectivity index (χ4v) is 2.01. The molecular weight excluding hydrogens is 242 g/mol. The van der Waals surface area contributed by atoms with Crippen molar-refractivity contribution in [2.24, 2.45) is 5.92 Å². The maximum absolute atomic E-state index is 13.1. The van der Waals surface area contributed by atoms with E-state index in [4.69, 9.17) is 5.11 Å². The summed E-state index contributed by atoms with van der Waals surface area (Å²) in [5, 5.41) is 19.4. The van der Waals surface area contributed by atoms with Crippen LogP contribution in [-0.4, -0.2) is 21.8 Å². The first kappa shape index (κ1) is 14.6. The summed E-state index contributed by atoms with van der Waals surface area (Å²) in [5.41, 5.74) is -1.95. The molecular formula is C13H16F2O3. The van der Waals surface area contributed by atoms with Gasteiger partial charge >= 0.3 is 5.97 Å². The normalized spacial score (nSPS) is 16.4. The Hall–Kier alpha value is -1.49. The number of benzene rings is 1. The lowest BCUT2D eigenvalue weighted by molar-refractivity contribution is -0.166. The van der Waals surface area contributed by atoms with Crippen molar-refractivity contribution in [3.05, 3.63) is 35.4 Å². The summed E-state index contributed by atoms with van der Waals surface area (Å²) in [7, 11) is 0. The van der Waals surface area contributed by atoms with E-state index in [0.717, 1.165) is 12.1 Å². The van der Waals surface area contributed by atoms with Crippen LogP contribution in [0.3, 0.4) is 0 Å². The van der Waals surface area contributed by atoms with Gasteiger partial charge in [0.05, 0.1) is 0 Å². The molecule has 0 spiro atoms. The van der Waals surface area contributed by atoms with Crippen molar-refractivity contribution in [2.75, 3.05) is 0 Å². The molecule has 0 saturated heterocycles. The fourth-order valence-electron chi connectivity index (χ4n) is 2.01. The van der Waals surface area contributed by atoms with Gasteiger partial charge in [-0.3, -0.25) is 0 Å². The monoisotopic (exact) mass is 258 g/mol. The third-order valence-electron chi connectivity index (χ3n) is 3.27. The summed E-state index contributed by atoms with van der Waals surface area (Å²) in [5.74, 6) is -4.53. The molecule has 1 rings (SSSR count). The number of hydrogen-bond donors (Lipinski definition) is 2. The lowest BCUT2D eigenvalue weighted by Crippen LogP contribution is -2.48. The van der Waals surface area contributed by atoms with Gasteiger partial charge in [0.15, 0.2) is 5.60 Å². The minimum atomic E-state index is -2.07. The van der Waals surface area contributed by atoms with Crippen LogP contribution in [0.15, 0.2) is 18.2 Å². The number of halogens is 2. The Morgan fingerprint density at radius 3 is 1.94 bits per heavy atom. The van der Waals surface area contributed by atoms with Crippen molar-refractivity contribution in [3.8, 4) is 0 Å². The molecule has 0 aliphatic rings. The average Bonchev–Trinajstić information content (AvgIpc) is 2.24.